The maximum Gasteiger partial charge on any atom is 0.239 e. The number of fused-ring (bicyclic) bond motifs is 1. The molecular weight excluding hydrogens is 238 g/mol. The molecule has 0 saturated carbocycles. The summed E-state index contributed by atoms with van der Waals surface area (Å²) in [7, 11) is 0. The van der Waals surface area contributed by atoms with Crippen molar-refractivity contribution in [1.82, 2.24) is 10.6 Å². The molecular formula is C15H23N3O. The van der Waals surface area contributed by atoms with Crippen LogP contribution in [0.1, 0.15) is 25.8 Å². The Bertz CT molecular complexity index is 433. The van der Waals surface area contributed by atoms with Crippen LogP contribution in [-0.4, -0.2) is 31.6 Å². The number of amides is 1. The maximum absolute atomic E-state index is 11.9. The summed E-state index contributed by atoms with van der Waals surface area (Å²) < 4.78 is 0. The molecule has 2 rings (SSSR count). The Hall–Kier alpha value is -1.55. The minimum atomic E-state index is 0.103. The Morgan fingerprint density at radius 2 is 2.26 bits per heavy atom. The van der Waals surface area contributed by atoms with Gasteiger partial charge in [0.05, 0.1) is 6.54 Å². The third-order valence-corrected chi connectivity index (χ3v) is 3.37. The lowest BCUT2D eigenvalue weighted by molar-refractivity contribution is -0.119. The normalized spacial score (nSPS) is 18.6. The van der Waals surface area contributed by atoms with Gasteiger partial charge in [0, 0.05) is 31.4 Å². The van der Waals surface area contributed by atoms with Crippen LogP contribution in [0.25, 0.3) is 0 Å². The molecule has 0 aromatic heterocycles. The summed E-state index contributed by atoms with van der Waals surface area (Å²) in [6.45, 7) is 7.13. The van der Waals surface area contributed by atoms with Gasteiger partial charge in [-0.2, -0.15) is 0 Å². The third kappa shape index (κ3) is 3.70. The lowest BCUT2D eigenvalue weighted by atomic mass is 10.1. The van der Waals surface area contributed by atoms with E-state index in [1.165, 1.54) is 11.3 Å². The molecule has 0 radical (unpaired) electrons. The number of para-hydroxylation sites is 1. The van der Waals surface area contributed by atoms with Gasteiger partial charge in [-0.3, -0.25) is 4.79 Å². The van der Waals surface area contributed by atoms with E-state index >= 15 is 0 Å². The van der Waals surface area contributed by atoms with E-state index in [9.17, 15) is 4.79 Å². The molecule has 1 atom stereocenters. The maximum atomic E-state index is 11.9. The molecule has 0 spiro atoms. The van der Waals surface area contributed by atoms with Gasteiger partial charge in [-0.15, -0.1) is 0 Å². The predicted octanol–water partition coefficient (Wildman–Crippen LogP) is 1.51. The number of hydrogen-bond acceptors (Lipinski definition) is 3. The number of hydrogen-bond donors (Lipinski definition) is 2. The molecule has 1 aromatic carbocycles. The van der Waals surface area contributed by atoms with E-state index in [0.29, 0.717) is 12.6 Å². The monoisotopic (exact) mass is 261 g/mol. The van der Waals surface area contributed by atoms with Crippen LogP contribution in [0.2, 0.25) is 0 Å². The van der Waals surface area contributed by atoms with E-state index in [1.54, 1.807) is 0 Å². The van der Waals surface area contributed by atoms with Gasteiger partial charge in [0.15, 0.2) is 0 Å². The van der Waals surface area contributed by atoms with Crippen LogP contribution in [0.15, 0.2) is 24.3 Å². The SMILES string of the molecule is CCCNC(=O)CN1CC(C)NCc2ccccc21. The number of carbonyl (C=O) groups is 1. The number of nitrogens with zero attached hydrogens (tertiary/aromatic N) is 1. The fraction of sp³-hybridized carbons (Fsp3) is 0.533. The van der Waals surface area contributed by atoms with Gasteiger partial charge in [-0.1, -0.05) is 25.1 Å². The molecule has 1 heterocycles. The zero-order valence-corrected chi connectivity index (χ0v) is 11.8. The largest absolute Gasteiger partial charge is 0.360 e. The fourth-order valence-electron chi connectivity index (χ4n) is 2.39. The Morgan fingerprint density at radius 3 is 3.05 bits per heavy atom. The number of carbonyl (C=O) groups excluding carboxylic acids is 1. The minimum absolute atomic E-state index is 0.103. The van der Waals surface area contributed by atoms with Crippen molar-refractivity contribution >= 4 is 11.6 Å². The van der Waals surface area contributed by atoms with Gasteiger partial charge in [0.25, 0.3) is 0 Å². The highest BCUT2D eigenvalue weighted by Crippen LogP contribution is 2.22. The second-order valence-corrected chi connectivity index (χ2v) is 5.14. The van der Waals surface area contributed by atoms with E-state index in [4.69, 9.17) is 0 Å². The minimum Gasteiger partial charge on any atom is -0.360 e. The van der Waals surface area contributed by atoms with Gasteiger partial charge in [0.2, 0.25) is 5.91 Å². The van der Waals surface area contributed by atoms with Crippen molar-refractivity contribution in [3.63, 3.8) is 0 Å². The molecule has 0 fully saturated rings. The molecule has 0 bridgehead atoms. The first-order chi connectivity index (χ1) is 9.20. The highest BCUT2D eigenvalue weighted by molar-refractivity contribution is 5.81. The first-order valence-electron chi connectivity index (χ1n) is 7.03. The van der Waals surface area contributed by atoms with Crippen molar-refractivity contribution in [2.45, 2.75) is 32.9 Å². The van der Waals surface area contributed by atoms with E-state index in [-0.39, 0.29) is 5.91 Å². The summed E-state index contributed by atoms with van der Waals surface area (Å²) in [6, 6.07) is 8.68. The first-order valence-corrected chi connectivity index (χ1v) is 7.03. The summed E-state index contributed by atoms with van der Waals surface area (Å²) in [4.78, 5) is 14.1. The van der Waals surface area contributed by atoms with Crippen LogP contribution in [0.3, 0.4) is 0 Å². The van der Waals surface area contributed by atoms with Crippen LogP contribution in [0.4, 0.5) is 5.69 Å². The van der Waals surface area contributed by atoms with Crippen molar-refractivity contribution in [3.05, 3.63) is 29.8 Å². The number of rotatable bonds is 4. The van der Waals surface area contributed by atoms with Crippen molar-refractivity contribution in [1.29, 1.82) is 0 Å². The van der Waals surface area contributed by atoms with Gasteiger partial charge in [-0.05, 0) is 25.0 Å². The molecule has 2 N–H and O–H groups in total. The van der Waals surface area contributed by atoms with Gasteiger partial charge >= 0.3 is 0 Å². The topological polar surface area (TPSA) is 44.4 Å². The number of benzene rings is 1. The van der Waals surface area contributed by atoms with Crippen molar-refractivity contribution < 1.29 is 4.79 Å². The van der Waals surface area contributed by atoms with Crippen LogP contribution in [0, 0.1) is 0 Å². The van der Waals surface area contributed by atoms with Gasteiger partial charge in [0.1, 0.15) is 0 Å². The lowest BCUT2D eigenvalue weighted by Crippen LogP contribution is -2.42. The standard InChI is InChI=1S/C15H23N3O/c1-3-8-16-15(19)11-18-10-12(2)17-9-13-6-4-5-7-14(13)18/h4-7,12,17H,3,8-11H2,1-2H3,(H,16,19). The second-order valence-electron chi connectivity index (χ2n) is 5.14. The number of nitrogens with one attached hydrogen (secondary N) is 2. The zero-order chi connectivity index (χ0) is 13.7. The predicted molar refractivity (Wildman–Crippen MR) is 78.3 cm³/mol. The zero-order valence-electron chi connectivity index (χ0n) is 11.8. The summed E-state index contributed by atoms with van der Waals surface area (Å²) >= 11 is 0. The fourth-order valence-corrected chi connectivity index (χ4v) is 2.39. The lowest BCUT2D eigenvalue weighted by Gasteiger charge is -2.25. The van der Waals surface area contributed by atoms with Gasteiger partial charge < -0.3 is 15.5 Å². The molecule has 0 saturated heterocycles. The molecule has 1 amide bonds. The Kier molecular flexibility index (Phi) is 4.80. The van der Waals surface area contributed by atoms with E-state index in [0.717, 1.165) is 26.1 Å². The Balaban J connectivity index is 2.11. The van der Waals surface area contributed by atoms with E-state index < -0.39 is 0 Å². The van der Waals surface area contributed by atoms with Gasteiger partial charge in [-0.25, -0.2) is 0 Å². The highest BCUT2D eigenvalue weighted by Gasteiger charge is 2.20. The summed E-state index contributed by atoms with van der Waals surface area (Å²) in [5.74, 6) is 0.103. The smallest absolute Gasteiger partial charge is 0.239 e. The molecule has 4 heteroatoms. The molecule has 1 unspecified atom stereocenters. The summed E-state index contributed by atoms with van der Waals surface area (Å²) in [6.07, 6.45) is 0.973. The average molecular weight is 261 g/mol. The molecule has 1 aromatic rings. The quantitative estimate of drug-likeness (QED) is 0.863. The third-order valence-electron chi connectivity index (χ3n) is 3.37. The van der Waals surface area contributed by atoms with E-state index in [1.807, 2.05) is 12.1 Å². The molecule has 1 aliphatic rings. The molecule has 4 nitrogen and oxygen atoms in total. The van der Waals surface area contributed by atoms with Crippen LogP contribution < -0.4 is 15.5 Å². The van der Waals surface area contributed by atoms with E-state index in [2.05, 4.69) is 41.5 Å². The van der Waals surface area contributed by atoms with Crippen LogP contribution in [-0.2, 0) is 11.3 Å². The van der Waals surface area contributed by atoms with Crippen molar-refractivity contribution in [2.75, 3.05) is 24.5 Å². The summed E-state index contributed by atoms with van der Waals surface area (Å²) in [5.41, 5.74) is 2.43. The molecule has 0 aliphatic carbocycles. The summed E-state index contributed by atoms with van der Waals surface area (Å²) in [5, 5.41) is 6.42. The molecule has 1 aliphatic heterocycles. The molecule has 104 valence electrons. The van der Waals surface area contributed by atoms with Crippen molar-refractivity contribution in [3.8, 4) is 0 Å². The number of anilines is 1. The van der Waals surface area contributed by atoms with Crippen molar-refractivity contribution in [2.24, 2.45) is 0 Å². The Morgan fingerprint density at radius 1 is 1.47 bits per heavy atom. The highest BCUT2D eigenvalue weighted by atomic mass is 16.2. The first kappa shape index (κ1) is 13.9. The van der Waals surface area contributed by atoms with Crippen LogP contribution >= 0.6 is 0 Å². The average Bonchev–Trinajstić information content (AvgIpc) is 2.57. The molecule has 19 heavy (non-hydrogen) atoms. The Labute approximate surface area is 115 Å². The van der Waals surface area contributed by atoms with Crippen LogP contribution in [0.5, 0.6) is 0 Å². The second kappa shape index (κ2) is 6.57.